The molecule has 1 aromatic heterocycles. The smallest absolute Gasteiger partial charge is 0.411 e. The molecule has 1 aliphatic carbocycles. The Bertz CT molecular complexity index is 1790. The lowest BCUT2D eigenvalue weighted by molar-refractivity contribution is -0.119. The Hall–Kier alpha value is -3.26. The highest BCUT2D eigenvalue weighted by Gasteiger charge is 2.47. The number of furan rings is 1. The number of benzene rings is 3. The topological polar surface area (TPSA) is 113 Å². The number of fused-ring (bicyclic) bond motifs is 4. The minimum Gasteiger partial charge on any atom is -0.755 e. The van der Waals surface area contributed by atoms with Crippen LogP contribution in [0.25, 0.3) is 22.3 Å². The monoisotopic (exact) mass is 638 g/mol. The van der Waals surface area contributed by atoms with Crippen LogP contribution in [0.15, 0.2) is 59.0 Å². The second kappa shape index (κ2) is 11.0. The Balaban J connectivity index is 1.27. The van der Waals surface area contributed by atoms with Crippen molar-refractivity contribution in [3.63, 3.8) is 0 Å². The Morgan fingerprint density at radius 3 is 2.39 bits per heavy atom. The summed E-state index contributed by atoms with van der Waals surface area (Å²) in [5.41, 5.74) is 3.67. The van der Waals surface area contributed by atoms with Crippen molar-refractivity contribution in [3.8, 4) is 11.3 Å². The summed E-state index contributed by atoms with van der Waals surface area (Å²) in [6.45, 7) is 1.25. The number of amides is 1. The lowest BCUT2D eigenvalue weighted by Gasteiger charge is -2.58. The first-order valence-corrected chi connectivity index (χ1v) is 15.8. The van der Waals surface area contributed by atoms with E-state index in [1.165, 1.54) is 23.5 Å². The van der Waals surface area contributed by atoms with Gasteiger partial charge in [-0.1, -0.05) is 24.6 Å². The number of nitrogens with one attached hydrogen (secondary N) is 1. The third-order valence-electron chi connectivity index (χ3n) is 8.63. The van der Waals surface area contributed by atoms with Gasteiger partial charge in [0.2, 0.25) is 0 Å². The number of halogens is 2. The predicted molar refractivity (Wildman–Crippen MR) is 165 cm³/mol. The third-order valence-corrected chi connectivity index (χ3v) is 9.66. The summed E-state index contributed by atoms with van der Waals surface area (Å²) in [5, 5.41) is 3.55. The van der Waals surface area contributed by atoms with E-state index in [0.29, 0.717) is 58.8 Å². The molecule has 3 aromatic carbocycles. The van der Waals surface area contributed by atoms with E-state index in [0.717, 1.165) is 24.0 Å². The molecule has 13 heteroatoms. The fourth-order valence-electron chi connectivity index (χ4n) is 6.08. The van der Waals surface area contributed by atoms with Crippen molar-refractivity contribution in [1.82, 2.24) is 5.32 Å². The van der Waals surface area contributed by atoms with Crippen LogP contribution in [-0.2, 0) is 31.8 Å². The van der Waals surface area contributed by atoms with Crippen molar-refractivity contribution in [2.75, 3.05) is 31.2 Å². The summed E-state index contributed by atoms with van der Waals surface area (Å²) in [7, 11) is 1.54. The molecule has 1 unspecified atom stereocenters. The molecule has 0 spiro atoms. The van der Waals surface area contributed by atoms with E-state index in [9.17, 15) is 17.9 Å². The van der Waals surface area contributed by atoms with Gasteiger partial charge in [0.15, 0.2) is 0 Å². The Morgan fingerprint density at radius 1 is 1.11 bits per heavy atom. The van der Waals surface area contributed by atoms with E-state index in [-0.39, 0.29) is 28.8 Å². The molecule has 9 nitrogen and oxygen atoms in total. The molecule has 44 heavy (non-hydrogen) atoms. The molecule has 1 N–H and O–H groups in total. The molecular formula is C31H29BClFN2O7S-2. The van der Waals surface area contributed by atoms with Crippen LogP contribution in [0.2, 0.25) is 5.02 Å². The van der Waals surface area contributed by atoms with Crippen LogP contribution in [0.5, 0.6) is 0 Å². The summed E-state index contributed by atoms with van der Waals surface area (Å²) in [5.74, 6) is -0.213. The fourth-order valence-corrected chi connectivity index (χ4v) is 6.92. The van der Waals surface area contributed by atoms with Gasteiger partial charge in [-0.3, -0.25) is 13.3 Å². The van der Waals surface area contributed by atoms with Gasteiger partial charge < -0.3 is 28.2 Å². The summed E-state index contributed by atoms with van der Waals surface area (Å²) in [6, 6.07) is 14.3. The first-order valence-electron chi connectivity index (χ1n) is 14.4. The Morgan fingerprint density at radius 2 is 1.80 bits per heavy atom. The van der Waals surface area contributed by atoms with Crippen LogP contribution in [0.4, 0.5) is 10.1 Å². The largest absolute Gasteiger partial charge is 0.755 e. The highest BCUT2D eigenvalue weighted by Crippen LogP contribution is 2.45. The van der Waals surface area contributed by atoms with E-state index in [2.05, 4.69) is 5.32 Å². The van der Waals surface area contributed by atoms with Crippen LogP contribution >= 0.6 is 11.6 Å². The fraction of sp³-hybridized carbons (Fsp3) is 0.323. The molecule has 4 fully saturated rings. The standard InChI is InChI=1S/C31H30BClFN2O7S/c1-31-15-40-32(41-16-31,42-17-31)25-10-9-22(12-26(25)33)36(44(38)39)14-20-11-27-24(13-23(20)18-3-4-18)28(30(37)35-2)29(43-27)19-5-7-21(34)8-6-19/h5-13,18H,3-4,14-17H2,1-2H3,(H,35,37)(H,38,39)/q-1/p-1. The number of hydrogen-bond donors (Lipinski definition) is 1. The molecule has 1 amide bonds. The van der Waals surface area contributed by atoms with Crippen molar-refractivity contribution in [2.45, 2.75) is 32.2 Å². The highest BCUT2D eigenvalue weighted by atomic mass is 35.5. The molecular weight excluding hydrogens is 610 g/mol. The lowest BCUT2D eigenvalue weighted by Crippen LogP contribution is -2.69. The van der Waals surface area contributed by atoms with Crippen LogP contribution in [0.3, 0.4) is 0 Å². The molecule has 4 aliphatic rings. The predicted octanol–water partition coefficient (Wildman–Crippen LogP) is 5.16. The minimum absolute atomic E-state index is 0.00753. The van der Waals surface area contributed by atoms with Crippen LogP contribution < -0.4 is 15.1 Å². The number of nitrogens with zero attached hydrogens (tertiary/aromatic N) is 1. The zero-order chi connectivity index (χ0) is 30.8. The number of anilines is 1. The average molecular weight is 639 g/mol. The third kappa shape index (κ3) is 5.13. The van der Waals surface area contributed by atoms with Gasteiger partial charge in [0, 0.05) is 65.2 Å². The summed E-state index contributed by atoms with van der Waals surface area (Å²) in [6.07, 6.45) is 1.89. The SMILES string of the molecule is CNC(=O)c1c(-c2ccc(F)cc2)oc2cc(CN(c3ccc([B-]45OCC(C)(CO4)CO5)c(Cl)c3)S(=O)[O-])c(C3CC3)cc12. The molecule has 3 saturated heterocycles. The molecule has 4 aromatic rings. The van der Waals surface area contributed by atoms with Crippen LogP contribution in [0, 0.1) is 11.2 Å². The van der Waals surface area contributed by atoms with E-state index in [1.807, 2.05) is 13.0 Å². The molecule has 1 atom stereocenters. The van der Waals surface area contributed by atoms with Crippen LogP contribution in [0.1, 0.15) is 47.2 Å². The van der Waals surface area contributed by atoms with Crippen molar-refractivity contribution in [2.24, 2.45) is 5.41 Å². The zero-order valence-corrected chi connectivity index (χ0v) is 25.6. The van der Waals surface area contributed by atoms with E-state index in [4.69, 9.17) is 30.0 Å². The molecule has 3 aliphatic heterocycles. The van der Waals surface area contributed by atoms with Gasteiger partial charge in [0.25, 0.3) is 5.91 Å². The molecule has 2 bridgehead atoms. The molecule has 0 radical (unpaired) electrons. The maximum absolute atomic E-state index is 13.7. The average Bonchev–Trinajstić information content (AvgIpc) is 3.80. The lowest BCUT2D eigenvalue weighted by atomic mass is 9.64. The number of carbonyl (C=O) groups excluding carboxylic acids is 1. The summed E-state index contributed by atoms with van der Waals surface area (Å²) >= 11 is 4.05. The van der Waals surface area contributed by atoms with E-state index in [1.54, 1.807) is 36.4 Å². The molecule has 4 heterocycles. The summed E-state index contributed by atoms with van der Waals surface area (Å²) in [4.78, 5) is 13.0. The molecule has 1 saturated carbocycles. The quantitative estimate of drug-likeness (QED) is 0.210. The van der Waals surface area contributed by atoms with Gasteiger partial charge in [-0.05, 0) is 78.4 Å². The van der Waals surface area contributed by atoms with Gasteiger partial charge in [-0.15, -0.1) is 5.46 Å². The van der Waals surface area contributed by atoms with E-state index < -0.39 is 23.8 Å². The molecule has 8 rings (SSSR count). The normalized spacial score (nSPS) is 23.6. The van der Waals surface area contributed by atoms with Gasteiger partial charge in [-0.2, -0.15) is 0 Å². The van der Waals surface area contributed by atoms with Crippen molar-refractivity contribution < 1.29 is 36.3 Å². The second-order valence-electron chi connectivity index (χ2n) is 12.1. The number of hydrogen-bond acceptors (Lipinski definition) is 7. The number of rotatable bonds is 8. The van der Waals surface area contributed by atoms with Gasteiger partial charge >= 0.3 is 6.75 Å². The zero-order valence-electron chi connectivity index (χ0n) is 24.1. The Kier molecular flexibility index (Phi) is 7.34. The Labute approximate surface area is 261 Å². The highest BCUT2D eigenvalue weighted by molar-refractivity contribution is 7.80. The van der Waals surface area contributed by atoms with E-state index >= 15 is 0 Å². The second-order valence-corrected chi connectivity index (χ2v) is 13.3. The maximum atomic E-state index is 13.7. The van der Waals surface area contributed by atoms with Crippen molar-refractivity contribution in [3.05, 3.63) is 82.1 Å². The molecule has 230 valence electrons. The van der Waals surface area contributed by atoms with Gasteiger partial charge in [0.1, 0.15) is 17.2 Å². The van der Waals surface area contributed by atoms with Gasteiger partial charge in [0.05, 0.1) is 12.1 Å². The minimum atomic E-state index is -2.65. The maximum Gasteiger partial charge on any atom is 0.411 e. The number of carbonyl (C=O) groups is 1. The van der Waals surface area contributed by atoms with Crippen molar-refractivity contribution in [1.29, 1.82) is 0 Å². The van der Waals surface area contributed by atoms with Crippen molar-refractivity contribution >= 4 is 57.6 Å². The van der Waals surface area contributed by atoms with Gasteiger partial charge in [-0.25, -0.2) is 4.39 Å². The van der Waals surface area contributed by atoms with Crippen LogP contribution in [-0.4, -0.2) is 48.3 Å². The first-order chi connectivity index (χ1) is 21.1. The summed E-state index contributed by atoms with van der Waals surface area (Å²) < 4.78 is 64.3. The first kappa shape index (κ1) is 29.5.